The van der Waals surface area contributed by atoms with Crippen molar-refractivity contribution >= 4 is 17.1 Å². The maximum atomic E-state index is 8.86. The van der Waals surface area contributed by atoms with Crippen LogP contribution in [0.1, 0.15) is 166 Å². The lowest BCUT2D eigenvalue weighted by atomic mass is 10.0. The quantitative estimate of drug-likeness (QED) is 0.0575. The standard InChI is InChI=1S/3C24H26N4O2/c3*1-5-13-26-20-11-10-17-18(20)7-6-8-19(17)23-27-24(30-28-23)16-9-12-22(29-15(2)3)21(14-16)25-4/h3*6-9,12,14-15,20,26H,5,10-11,13H2,1-3H3/t3*20-/m000/s1/i5D2,13D2,15D;15D,20D;5D2,15D. The Balaban J connectivity index is 0.000000162. The van der Waals surface area contributed by atoms with E-state index in [1.54, 1.807) is 103 Å². The SMILES string of the molecule is [2H]C(C)(C)Oc1ccc(-c2nc(-c3cccc4c3CC[C@@H]4NC([2H])([2H])C([2H])([2H])C)no2)cc1[N+]#[C-].[2H]C(C)(C)Oc1ccc(-c2nc(-c3cccc4c3CC[C@]4([2H])NCCC)no2)cc1[N+]#[C-].[2H]C([2H])(C)CN[C@H]1CCc2c(-c3noc(-c4ccc(OC([2H])(C)C)c([N+]#[C-])c4)n3)cccc21. The van der Waals surface area contributed by atoms with E-state index in [1.165, 1.54) is 6.92 Å². The highest BCUT2D eigenvalue weighted by atomic mass is 16.5. The van der Waals surface area contributed by atoms with Gasteiger partial charge in [0.2, 0.25) is 34.5 Å². The lowest BCUT2D eigenvalue weighted by Gasteiger charge is -2.13. The minimum absolute atomic E-state index is 0.0939. The Labute approximate surface area is 541 Å². The van der Waals surface area contributed by atoms with Crippen molar-refractivity contribution in [2.24, 2.45) is 0 Å². The highest BCUT2D eigenvalue weighted by molar-refractivity contribution is 5.74. The Hall–Kier alpha value is -9.51. The van der Waals surface area contributed by atoms with Crippen molar-refractivity contribution in [3.05, 3.63) is 177 Å². The second-order valence-electron chi connectivity index (χ2n) is 22.1. The van der Waals surface area contributed by atoms with Crippen LogP contribution >= 0.6 is 0 Å². The minimum Gasteiger partial charge on any atom is -0.502 e. The van der Waals surface area contributed by atoms with E-state index in [-0.39, 0.29) is 41.6 Å². The van der Waals surface area contributed by atoms with Gasteiger partial charge in [-0.3, -0.25) is 0 Å². The molecule has 0 aliphatic heterocycles. The maximum Gasteiger partial charge on any atom is 0.256 e. The summed E-state index contributed by atoms with van der Waals surface area (Å²) in [5.74, 6) is 3.15. The first kappa shape index (κ1) is 51.4. The van der Waals surface area contributed by atoms with Crippen LogP contribution in [-0.2, 0) is 19.3 Å². The monoisotopic (exact) mass is 1220 g/mol. The molecule has 3 aromatic heterocycles. The van der Waals surface area contributed by atoms with Gasteiger partial charge in [0.15, 0.2) is 0 Å². The van der Waals surface area contributed by atoms with Crippen LogP contribution in [0, 0.1) is 19.7 Å². The van der Waals surface area contributed by atoms with Crippen LogP contribution < -0.4 is 30.2 Å². The molecule has 9 aromatic rings. The van der Waals surface area contributed by atoms with Crippen molar-refractivity contribution < 1.29 is 41.5 Å². The molecule has 0 unspecified atom stereocenters. The summed E-state index contributed by atoms with van der Waals surface area (Å²) in [6, 6.07) is 31.4. The average Bonchev–Trinajstić information content (AvgIpc) is 1.57. The summed E-state index contributed by atoms with van der Waals surface area (Å²) < 4.78 is 113. The Bertz CT molecular complexity index is 4580. The van der Waals surface area contributed by atoms with Crippen molar-refractivity contribution in [2.75, 3.05) is 19.6 Å². The third kappa shape index (κ3) is 14.6. The van der Waals surface area contributed by atoms with Crippen LogP contribution in [0.3, 0.4) is 0 Å². The molecule has 0 bridgehead atoms. The van der Waals surface area contributed by atoms with Gasteiger partial charge >= 0.3 is 0 Å². The van der Waals surface area contributed by atoms with E-state index >= 15 is 0 Å². The van der Waals surface area contributed by atoms with Crippen molar-refractivity contribution in [3.8, 4) is 85.8 Å². The summed E-state index contributed by atoms with van der Waals surface area (Å²) in [7, 11) is 0. The second kappa shape index (κ2) is 29.7. The molecule has 6 aromatic carbocycles. The molecule has 0 radical (unpaired) electrons. The van der Waals surface area contributed by atoms with E-state index in [0.29, 0.717) is 82.5 Å². The van der Waals surface area contributed by atoms with Crippen LogP contribution in [0.5, 0.6) is 17.2 Å². The zero-order chi connectivity index (χ0) is 72.3. The van der Waals surface area contributed by atoms with Crippen LogP contribution in [0.25, 0.3) is 83.1 Å². The Morgan fingerprint density at radius 1 is 0.511 bits per heavy atom. The van der Waals surface area contributed by atoms with Crippen LogP contribution in [0.15, 0.2) is 123 Å². The second-order valence-corrected chi connectivity index (χ2v) is 22.1. The fourth-order valence-electron chi connectivity index (χ4n) is 11.1. The number of hydrogen-bond acceptors (Lipinski definition) is 15. The molecule has 3 heterocycles. The van der Waals surface area contributed by atoms with E-state index in [4.69, 9.17) is 61.2 Å². The van der Waals surface area contributed by atoms with Gasteiger partial charge in [-0.1, -0.05) is 90.8 Å². The van der Waals surface area contributed by atoms with Crippen molar-refractivity contribution in [2.45, 2.75) is 156 Å². The number of benzene rings is 6. The lowest BCUT2D eigenvalue weighted by molar-refractivity contribution is 0.244. The molecule has 12 rings (SSSR count). The average molecular weight is 1220 g/mol. The van der Waals surface area contributed by atoms with E-state index in [2.05, 4.69) is 73.9 Å². The number of nitrogens with zero attached hydrogens (tertiary/aromatic N) is 9. The Kier molecular flexibility index (Phi) is 16.9. The van der Waals surface area contributed by atoms with E-state index in [9.17, 15) is 0 Å². The summed E-state index contributed by atoms with van der Waals surface area (Å²) in [6.45, 7) is 35.7. The van der Waals surface area contributed by atoms with Gasteiger partial charge < -0.3 is 43.7 Å². The smallest absolute Gasteiger partial charge is 0.256 e. The van der Waals surface area contributed by atoms with Gasteiger partial charge in [-0.05, 0) is 207 Å². The minimum atomic E-state index is -2.19. The molecule has 3 aliphatic rings. The first-order valence-corrected chi connectivity index (χ1v) is 29.8. The fraction of sp³-hybridized carbons (Fsp3) is 0.375. The molecule has 3 aliphatic carbocycles. The molecule has 18 nitrogen and oxygen atoms in total. The molecule has 18 heteroatoms. The molecule has 90 heavy (non-hydrogen) atoms. The third-order valence-corrected chi connectivity index (χ3v) is 15.1. The van der Waals surface area contributed by atoms with Gasteiger partial charge in [0.05, 0.1) is 43.4 Å². The zero-order valence-corrected chi connectivity index (χ0v) is 51.9. The van der Waals surface area contributed by atoms with Crippen molar-refractivity contribution in [1.82, 2.24) is 46.4 Å². The highest BCUT2D eigenvalue weighted by Crippen LogP contribution is 2.42. The van der Waals surface area contributed by atoms with E-state index in [1.807, 2.05) is 48.5 Å². The van der Waals surface area contributed by atoms with Crippen LogP contribution in [0.2, 0.25) is 0 Å². The predicted octanol–water partition coefficient (Wildman–Crippen LogP) is 17.2. The van der Waals surface area contributed by atoms with Crippen LogP contribution in [-0.4, -0.2) is 68.2 Å². The number of nitrogens with one attached hydrogen (secondary N) is 3. The summed E-state index contributed by atoms with van der Waals surface area (Å²) in [6.07, 6.45) is -1.35. The predicted molar refractivity (Wildman–Crippen MR) is 350 cm³/mol. The molecule has 0 saturated heterocycles. The largest absolute Gasteiger partial charge is 0.502 e. The fourth-order valence-corrected chi connectivity index (χ4v) is 11.1. The summed E-state index contributed by atoms with van der Waals surface area (Å²) in [5.41, 5.74) is 11.3. The third-order valence-electron chi connectivity index (χ3n) is 15.1. The topological polar surface area (TPSA) is 194 Å². The molecule has 0 saturated carbocycles. The summed E-state index contributed by atoms with van der Waals surface area (Å²) in [5, 5.41) is 22.0. The van der Waals surface area contributed by atoms with Gasteiger partial charge in [-0.2, -0.15) is 15.0 Å². The number of ether oxygens (including phenoxy) is 3. The van der Waals surface area contributed by atoms with Gasteiger partial charge in [0.1, 0.15) is 17.2 Å². The molecule has 0 amide bonds. The molecule has 0 spiro atoms. The maximum absolute atomic E-state index is 8.86. The molecule has 0 fully saturated rings. The number of hydrogen-bond donors (Lipinski definition) is 3. The molecule has 462 valence electrons. The van der Waals surface area contributed by atoms with Gasteiger partial charge in [-0.25, -0.2) is 14.5 Å². The van der Waals surface area contributed by atoms with Crippen molar-refractivity contribution in [1.29, 1.82) is 0 Å². The summed E-state index contributed by atoms with van der Waals surface area (Å²) in [4.78, 5) is 24.2. The summed E-state index contributed by atoms with van der Waals surface area (Å²) >= 11 is 0. The van der Waals surface area contributed by atoms with Gasteiger partial charge in [0.25, 0.3) is 17.7 Å². The van der Waals surface area contributed by atoms with E-state index < -0.39 is 43.5 Å². The van der Waals surface area contributed by atoms with Gasteiger partial charge in [-0.15, -0.1) is 0 Å². The Morgan fingerprint density at radius 3 is 1.28 bits per heavy atom. The Morgan fingerprint density at radius 2 is 0.900 bits per heavy atom. The zero-order valence-electron chi connectivity index (χ0n) is 61.9. The number of rotatable bonds is 21. The number of aromatic nitrogens is 6. The molecule has 3 atom stereocenters. The molecular formula is C72H78N12O6. The van der Waals surface area contributed by atoms with E-state index in [0.717, 1.165) is 82.3 Å². The molecule has 3 N–H and O–H groups in total. The van der Waals surface area contributed by atoms with Crippen molar-refractivity contribution in [3.63, 3.8) is 0 Å². The normalized spacial score (nSPS) is 18.5. The lowest BCUT2D eigenvalue weighted by Crippen LogP contribution is -2.19. The highest BCUT2D eigenvalue weighted by Gasteiger charge is 2.30. The first-order chi connectivity index (χ1) is 47.1. The van der Waals surface area contributed by atoms with Gasteiger partial charge in [0, 0.05) is 59.7 Å². The first-order valence-electron chi connectivity index (χ1n) is 34.8. The van der Waals surface area contributed by atoms with Crippen LogP contribution in [0.4, 0.5) is 17.1 Å². The number of fused-ring (bicyclic) bond motifs is 3. The molecular weight excluding hydrogens is 1130 g/mol.